The zero-order chi connectivity index (χ0) is 20.4. The van der Waals surface area contributed by atoms with Crippen molar-refractivity contribution in [1.29, 1.82) is 0 Å². The molecule has 5 rings (SSSR count). The van der Waals surface area contributed by atoms with E-state index in [0.29, 0.717) is 41.8 Å². The number of fused-ring (bicyclic) bond motifs is 7. The molecule has 4 fully saturated rings. The number of aldehydes is 1. The van der Waals surface area contributed by atoms with Crippen LogP contribution in [-0.2, 0) is 9.59 Å². The average molecular weight is 387 g/mol. The predicted octanol–water partition coefficient (Wildman–Crippen LogP) is 4.82. The second-order valence-corrected chi connectivity index (χ2v) is 11.0. The molecule has 0 aromatic heterocycles. The van der Waals surface area contributed by atoms with Gasteiger partial charge in [0.25, 0.3) is 0 Å². The van der Waals surface area contributed by atoms with Gasteiger partial charge in [-0.25, -0.2) is 0 Å². The molecule has 4 saturated carbocycles. The van der Waals surface area contributed by atoms with Gasteiger partial charge in [-0.1, -0.05) is 40.2 Å². The maximum absolute atomic E-state index is 12.1. The molecule has 9 unspecified atom stereocenters. The van der Waals surface area contributed by atoms with E-state index in [-0.39, 0.29) is 16.9 Å². The Labute approximate surface area is 170 Å². The Balaban J connectivity index is 0.000000442. The lowest BCUT2D eigenvalue weighted by atomic mass is 9.42. The molecule has 0 bridgehead atoms. The molecular weight excluding hydrogens is 348 g/mol. The Morgan fingerprint density at radius 2 is 1.89 bits per heavy atom. The van der Waals surface area contributed by atoms with Crippen LogP contribution in [0.4, 0.5) is 0 Å². The van der Waals surface area contributed by atoms with E-state index in [1.165, 1.54) is 24.8 Å². The first-order chi connectivity index (χ1) is 13.2. The Kier molecular flexibility index (Phi) is 4.93. The molecule has 10 atom stereocenters. The van der Waals surface area contributed by atoms with Gasteiger partial charge in [-0.05, 0) is 84.0 Å². The van der Waals surface area contributed by atoms with Crippen LogP contribution in [0.25, 0.3) is 0 Å². The van der Waals surface area contributed by atoms with Gasteiger partial charge in [0, 0.05) is 12.8 Å². The molecular formula is C25H38O3. The van der Waals surface area contributed by atoms with Crippen molar-refractivity contribution in [3.05, 3.63) is 11.6 Å². The molecule has 3 heteroatoms. The van der Waals surface area contributed by atoms with Crippen molar-refractivity contribution in [2.24, 2.45) is 52.3 Å². The van der Waals surface area contributed by atoms with Crippen LogP contribution in [0.5, 0.6) is 0 Å². The number of hydrogen-bond donors (Lipinski definition) is 1. The zero-order valence-electron chi connectivity index (χ0n) is 18.3. The number of hydrogen-bond acceptors (Lipinski definition) is 3. The van der Waals surface area contributed by atoms with Crippen molar-refractivity contribution in [3.8, 4) is 0 Å². The van der Waals surface area contributed by atoms with E-state index in [9.17, 15) is 14.7 Å². The van der Waals surface area contributed by atoms with Crippen LogP contribution in [0.2, 0.25) is 0 Å². The molecule has 5 aliphatic carbocycles. The summed E-state index contributed by atoms with van der Waals surface area (Å²) in [5.41, 5.74) is 1.84. The van der Waals surface area contributed by atoms with Gasteiger partial charge in [0.2, 0.25) is 0 Å². The highest BCUT2D eigenvalue weighted by atomic mass is 16.3. The number of aliphatic hydroxyl groups is 1. The maximum atomic E-state index is 12.1. The minimum absolute atomic E-state index is 0.0614. The number of ketones is 1. The monoisotopic (exact) mass is 386 g/mol. The molecule has 5 aliphatic rings. The standard InChI is InChI=1S/C22H32O2.C3H6O/c1-11-12(2)18-16(21(3)7-5-13(23)9-17(11)21)6-8-22(4)19(18)14-10-15(14)20(22)24;1-2-3-4/h9,11-12,14-16,18-20,24H,5-8,10H2,1-4H3;3H,2H2,1H3/t11-,12?,14?,15?,16?,18?,19?,20?,21?,22?;/m1./s1. The van der Waals surface area contributed by atoms with Crippen LogP contribution in [0.1, 0.15) is 73.1 Å². The number of carbonyl (C=O) groups is 2. The fraction of sp³-hybridized carbons (Fsp3) is 0.840. The highest BCUT2D eigenvalue weighted by Crippen LogP contribution is 2.74. The molecule has 0 aromatic rings. The normalized spacial score (nSPS) is 53.5. The molecule has 0 aromatic carbocycles. The van der Waals surface area contributed by atoms with Gasteiger partial charge in [0.1, 0.15) is 6.29 Å². The maximum Gasteiger partial charge on any atom is 0.155 e. The second-order valence-electron chi connectivity index (χ2n) is 11.0. The lowest BCUT2D eigenvalue weighted by Crippen LogP contribution is -2.57. The molecule has 28 heavy (non-hydrogen) atoms. The summed E-state index contributed by atoms with van der Waals surface area (Å²) in [6.45, 7) is 11.5. The lowest BCUT2D eigenvalue weighted by Gasteiger charge is -2.62. The van der Waals surface area contributed by atoms with Gasteiger partial charge in [-0.2, -0.15) is 0 Å². The van der Waals surface area contributed by atoms with Crippen molar-refractivity contribution in [2.75, 3.05) is 0 Å². The van der Waals surface area contributed by atoms with Gasteiger partial charge in [0.05, 0.1) is 6.10 Å². The summed E-state index contributed by atoms with van der Waals surface area (Å²) in [5.74, 6) is 5.04. The largest absolute Gasteiger partial charge is 0.392 e. The molecule has 0 saturated heterocycles. The van der Waals surface area contributed by atoms with Crippen molar-refractivity contribution < 1.29 is 14.7 Å². The van der Waals surface area contributed by atoms with E-state index >= 15 is 0 Å². The Bertz CT molecular complexity index is 696. The number of allylic oxidation sites excluding steroid dienone is 1. The molecule has 0 aliphatic heterocycles. The summed E-state index contributed by atoms with van der Waals surface area (Å²) in [4.78, 5) is 21.3. The third-order valence-corrected chi connectivity index (χ3v) is 9.81. The fourth-order valence-electron chi connectivity index (χ4n) is 8.18. The highest BCUT2D eigenvalue weighted by Gasteiger charge is 2.71. The Morgan fingerprint density at radius 1 is 1.21 bits per heavy atom. The fourth-order valence-corrected chi connectivity index (χ4v) is 8.18. The van der Waals surface area contributed by atoms with Gasteiger partial charge in [-0.3, -0.25) is 4.79 Å². The molecule has 0 radical (unpaired) electrons. The van der Waals surface area contributed by atoms with E-state index in [4.69, 9.17) is 0 Å². The van der Waals surface area contributed by atoms with Crippen LogP contribution < -0.4 is 0 Å². The summed E-state index contributed by atoms with van der Waals surface area (Å²) in [6.07, 6.45) is 8.96. The second kappa shape index (κ2) is 6.79. The molecule has 0 heterocycles. The Morgan fingerprint density at radius 3 is 2.54 bits per heavy atom. The third-order valence-electron chi connectivity index (χ3n) is 9.81. The highest BCUT2D eigenvalue weighted by molar-refractivity contribution is 5.91. The molecule has 0 spiro atoms. The topological polar surface area (TPSA) is 54.4 Å². The van der Waals surface area contributed by atoms with Crippen LogP contribution in [0.3, 0.4) is 0 Å². The zero-order valence-corrected chi connectivity index (χ0v) is 18.3. The Hall–Kier alpha value is -0.960. The van der Waals surface area contributed by atoms with Gasteiger partial charge >= 0.3 is 0 Å². The van der Waals surface area contributed by atoms with E-state index < -0.39 is 0 Å². The van der Waals surface area contributed by atoms with Crippen molar-refractivity contribution in [3.63, 3.8) is 0 Å². The number of aliphatic hydroxyl groups excluding tert-OH is 1. The minimum atomic E-state index is -0.0614. The first kappa shape index (κ1) is 20.3. The third kappa shape index (κ3) is 2.64. The van der Waals surface area contributed by atoms with Crippen LogP contribution >= 0.6 is 0 Å². The van der Waals surface area contributed by atoms with Crippen LogP contribution in [0, 0.1) is 52.3 Å². The quantitative estimate of drug-likeness (QED) is 0.657. The van der Waals surface area contributed by atoms with E-state index in [2.05, 4.69) is 27.7 Å². The summed E-state index contributed by atoms with van der Waals surface area (Å²) in [7, 11) is 0. The molecule has 156 valence electrons. The SMILES string of the molecule is CC1C2C(CCC3(C)C(O)C4CC4C23)C2(C)CCC(=O)C=C2[C@@H]1C.CCC=O. The summed E-state index contributed by atoms with van der Waals surface area (Å²) >= 11 is 0. The molecule has 1 N–H and O–H groups in total. The first-order valence-corrected chi connectivity index (χ1v) is 11.6. The number of carbonyl (C=O) groups excluding carboxylic acids is 2. The lowest BCUT2D eigenvalue weighted by molar-refractivity contribution is -0.126. The van der Waals surface area contributed by atoms with Crippen molar-refractivity contribution in [1.82, 2.24) is 0 Å². The summed E-state index contributed by atoms with van der Waals surface area (Å²) in [5, 5.41) is 10.9. The minimum Gasteiger partial charge on any atom is -0.392 e. The smallest absolute Gasteiger partial charge is 0.155 e. The van der Waals surface area contributed by atoms with Gasteiger partial charge in [0.15, 0.2) is 5.78 Å². The van der Waals surface area contributed by atoms with Crippen molar-refractivity contribution in [2.45, 2.75) is 79.2 Å². The molecule has 3 nitrogen and oxygen atoms in total. The first-order valence-electron chi connectivity index (χ1n) is 11.6. The molecule has 0 amide bonds. The van der Waals surface area contributed by atoms with E-state index in [1.54, 1.807) is 0 Å². The summed E-state index contributed by atoms with van der Waals surface area (Å²) in [6, 6.07) is 0. The summed E-state index contributed by atoms with van der Waals surface area (Å²) < 4.78 is 0. The van der Waals surface area contributed by atoms with E-state index in [1.807, 2.05) is 13.0 Å². The average Bonchev–Trinajstić information content (AvgIpc) is 3.43. The van der Waals surface area contributed by atoms with Gasteiger partial charge in [-0.15, -0.1) is 0 Å². The predicted molar refractivity (Wildman–Crippen MR) is 111 cm³/mol. The van der Waals surface area contributed by atoms with Gasteiger partial charge < -0.3 is 9.90 Å². The van der Waals surface area contributed by atoms with Crippen molar-refractivity contribution >= 4 is 12.1 Å². The number of rotatable bonds is 1. The van der Waals surface area contributed by atoms with Crippen LogP contribution in [0.15, 0.2) is 11.6 Å². The van der Waals surface area contributed by atoms with Crippen LogP contribution in [-0.4, -0.2) is 23.3 Å². The van der Waals surface area contributed by atoms with E-state index in [0.717, 1.165) is 31.0 Å².